The number of ether oxygens (including phenoxy) is 3. The van der Waals surface area contributed by atoms with Gasteiger partial charge in [0.25, 0.3) is 15.9 Å². The first-order chi connectivity index (χ1) is 17.0. The van der Waals surface area contributed by atoms with Gasteiger partial charge in [-0.05, 0) is 54.6 Å². The SMILES string of the molecule is O=C(Nc1ccc(N2CCOCC2)cc1)c1cccc(NS(=O)(=O)c2ccc3c(c2)OCCO3)c1. The van der Waals surface area contributed by atoms with E-state index in [1.165, 1.54) is 18.2 Å². The Bertz CT molecular complexity index is 1320. The molecule has 0 saturated carbocycles. The summed E-state index contributed by atoms with van der Waals surface area (Å²) in [6.07, 6.45) is 0. The molecule has 3 aromatic rings. The van der Waals surface area contributed by atoms with Crippen LogP contribution in [0, 0.1) is 0 Å². The minimum Gasteiger partial charge on any atom is -0.486 e. The maximum atomic E-state index is 12.9. The molecule has 2 aliphatic heterocycles. The lowest BCUT2D eigenvalue weighted by molar-refractivity contribution is 0.102. The molecule has 0 aromatic heterocycles. The number of sulfonamides is 1. The molecule has 0 spiro atoms. The lowest BCUT2D eigenvalue weighted by Crippen LogP contribution is -2.36. The predicted octanol–water partition coefficient (Wildman–Crippen LogP) is 3.35. The normalized spacial score (nSPS) is 15.4. The zero-order chi connectivity index (χ0) is 24.3. The first-order valence-corrected chi connectivity index (χ1v) is 12.7. The van der Waals surface area contributed by atoms with Crippen LogP contribution in [0.15, 0.2) is 71.6 Å². The van der Waals surface area contributed by atoms with Crippen LogP contribution in [0.2, 0.25) is 0 Å². The second kappa shape index (κ2) is 9.85. The third-order valence-electron chi connectivity index (χ3n) is 5.70. The van der Waals surface area contributed by atoms with Gasteiger partial charge in [-0.15, -0.1) is 0 Å². The maximum Gasteiger partial charge on any atom is 0.262 e. The van der Waals surface area contributed by atoms with Crippen molar-refractivity contribution < 1.29 is 27.4 Å². The van der Waals surface area contributed by atoms with E-state index in [4.69, 9.17) is 14.2 Å². The van der Waals surface area contributed by atoms with Crippen molar-refractivity contribution in [2.24, 2.45) is 0 Å². The fourth-order valence-electron chi connectivity index (χ4n) is 3.91. The van der Waals surface area contributed by atoms with Crippen molar-refractivity contribution in [1.29, 1.82) is 0 Å². The maximum absolute atomic E-state index is 12.9. The topological polar surface area (TPSA) is 106 Å². The molecule has 0 atom stereocenters. The highest BCUT2D eigenvalue weighted by molar-refractivity contribution is 7.92. The van der Waals surface area contributed by atoms with Crippen molar-refractivity contribution in [2.75, 3.05) is 54.5 Å². The van der Waals surface area contributed by atoms with Gasteiger partial charge in [0.1, 0.15) is 13.2 Å². The molecule has 9 nitrogen and oxygen atoms in total. The number of benzene rings is 3. The van der Waals surface area contributed by atoms with E-state index in [2.05, 4.69) is 14.9 Å². The lowest BCUT2D eigenvalue weighted by Gasteiger charge is -2.28. The van der Waals surface area contributed by atoms with Gasteiger partial charge in [-0.25, -0.2) is 8.42 Å². The lowest BCUT2D eigenvalue weighted by atomic mass is 10.2. The Kier molecular flexibility index (Phi) is 6.47. The molecule has 2 heterocycles. The third kappa shape index (κ3) is 5.33. The number of morpholine rings is 1. The molecule has 2 N–H and O–H groups in total. The standard InChI is InChI=1S/C25H25N3O6S/c29-25(26-19-4-6-21(7-5-19)28-10-12-32-13-11-28)18-2-1-3-20(16-18)27-35(30,31)22-8-9-23-24(17-22)34-15-14-33-23/h1-9,16-17,27H,10-15H2,(H,26,29). The zero-order valence-electron chi connectivity index (χ0n) is 18.9. The summed E-state index contributed by atoms with van der Waals surface area (Å²) in [7, 11) is -3.89. The molecule has 1 saturated heterocycles. The summed E-state index contributed by atoms with van der Waals surface area (Å²) in [5.41, 5.74) is 2.32. The van der Waals surface area contributed by atoms with Crippen molar-refractivity contribution in [3.63, 3.8) is 0 Å². The first kappa shape index (κ1) is 23.0. The number of nitrogens with zero attached hydrogens (tertiary/aromatic N) is 1. The molecule has 10 heteroatoms. The summed E-state index contributed by atoms with van der Waals surface area (Å²) in [4.78, 5) is 15.1. The molecule has 1 fully saturated rings. The van der Waals surface area contributed by atoms with Crippen LogP contribution in [-0.4, -0.2) is 53.8 Å². The monoisotopic (exact) mass is 495 g/mol. The molecule has 0 aliphatic carbocycles. The highest BCUT2D eigenvalue weighted by Gasteiger charge is 2.20. The number of anilines is 3. The van der Waals surface area contributed by atoms with Crippen LogP contribution in [0.5, 0.6) is 11.5 Å². The van der Waals surface area contributed by atoms with E-state index in [1.807, 2.05) is 24.3 Å². The molecule has 182 valence electrons. The molecule has 35 heavy (non-hydrogen) atoms. The molecule has 0 bridgehead atoms. The van der Waals surface area contributed by atoms with Crippen molar-refractivity contribution in [1.82, 2.24) is 0 Å². The number of hydrogen-bond acceptors (Lipinski definition) is 7. The fourth-order valence-corrected chi connectivity index (χ4v) is 4.97. The Hall–Kier alpha value is -3.76. The van der Waals surface area contributed by atoms with Crippen LogP contribution in [0.25, 0.3) is 0 Å². The smallest absolute Gasteiger partial charge is 0.262 e. The number of fused-ring (bicyclic) bond motifs is 1. The van der Waals surface area contributed by atoms with Gasteiger partial charge in [0.15, 0.2) is 11.5 Å². The van der Waals surface area contributed by atoms with Crippen molar-refractivity contribution in [3.05, 3.63) is 72.3 Å². The summed E-state index contributed by atoms with van der Waals surface area (Å²) in [5, 5.41) is 2.85. The van der Waals surface area contributed by atoms with Gasteiger partial charge in [-0.2, -0.15) is 0 Å². The van der Waals surface area contributed by atoms with Gasteiger partial charge in [0, 0.05) is 41.8 Å². The average Bonchev–Trinajstić information content (AvgIpc) is 2.89. The number of hydrogen-bond donors (Lipinski definition) is 2. The molecule has 0 unspecified atom stereocenters. The van der Waals surface area contributed by atoms with Crippen LogP contribution in [0.4, 0.5) is 17.1 Å². The Balaban J connectivity index is 1.26. The van der Waals surface area contributed by atoms with Gasteiger partial charge >= 0.3 is 0 Å². The summed E-state index contributed by atoms with van der Waals surface area (Å²) in [5.74, 6) is 0.545. The number of amides is 1. The summed E-state index contributed by atoms with van der Waals surface area (Å²) < 4.78 is 44.6. The second-order valence-electron chi connectivity index (χ2n) is 8.09. The van der Waals surface area contributed by atoms with E-state index < -0.39 is 10.0 Å². The van der Waals surface area contributed by atoms with E-state index in [-0.39, 0.29) is 16.5 Å². The number of rotatable bonds is 6. The number of carbonyl (C=O) groups is 1. The number of nitrogens with one attached hydrogen (secondary N) is 2. The van der Waals surface area contributed by atoms with E-state index in [1.54, 1.807) is 24.3 Å². The van der Waals surface area contributed by atoms with Gasteiger partial charge < -0.3 is 24.4 Å². The van der Waals surface area contributed by atoms with Crippen LogP contribution in [0.3, 0.4) is 0 Å². The van der Waals surface area contributed by atoms with Crippen molar-refractivity contribution >= 4 is 33.0 Å². The van der Waals surface area contributed by atoms with Gasteiger partial charge in [0.05, 0.1) is 18.1 Å². The van der Waals surface area contributed by atoms with Crippen molar-refractivity contribution in [2.45, 2.75) is 4.90 Å². The van der Waals surface area contributed by atoms with E-state index >= 15 is 0 Å². The molecule has 2 aliphatic rings. The van der Waals surface area contributed by atoms with Crippen LogP contribution in [0.1, 0.15) is 10.4 Å². The Morgan fingerprint density at radius 3 is 2.31 bits per heavy atom. The molecule has 3 aromatic carbocycles. The van der Waals surface area contributed by atoms with Crippen LogP contribution >= 0.6 is 0 Å². The Morgan fingerprint density at radius 1 is 0.800 bits per heavy atom. The molecular weight excluding hydrogens is 470 g/mol. The minimum atomic E-state index is -3.89. The van der Waals surface area contributed by atoms with Crippen LogP contribution in [-0.2, 0) is 14.8 Å². The van der Waals surface area contributed by atoms with Gasteiger partial charge in [0.2, 0.25) is 0 Å². The summed E-state index contributed by atoms with van der Waals surface area (Å²) in [6, 6.07) is 18.4. The largest absolute Gasteiger partial charge is 0.486 e. The van der Waals surface area contributed by atoms with E-state index in [9.17, 15) is 13.2 Å². The minimum absolute atomic E-state index is 0.0389. The second-order valence-corrected chi connectivity index (χ2v) is 9.77. The summed E-state index contributed by atoms with van der Waals surface area (Å²) in [6.45, 7) is 3.85. The quantitative estimate of drug-likeness (QED) is 0.540. The zero-order valence-corrected chi connectivity index (χ0v) is 19.7. The van der Waals surface area contributed by atoms with Crippen molar-refractivity contribution in [3.8, 4) is 11.5 Å². The highest BCUT2D eigenvalue weighted by atomic mass is 32.2. The Labute approximate surface area is 203 Å². The third-order valence-corrected chi connectivity index (χ3v) is 7.08. The van der Waals surface area contributed by atoms with Gasteiger partial charge in [-0.1, -0.05) is 6.07 Å². The van der Waals surface area contributed by atoms with Crippen LogP contribution < -0.4 is 24.4 Å². The fraction of sp³-hybridized carbons (Fsp3) is 0.240. The first-order valence-electron chi connectivity index (χ1n) is 11.2. The highest BCUT2D eigenvalue weighted by Crippen LogP contribution is 2.32. The molecule has 5 rings (SSSR count). The predicted molar refractivity (Wildman–Crippen MR) is 132 cm³/mol. The Morgan fingerprint density at radius 2 is 1.54 bits per heavy atom. The molecule has 1 amide bonds. The summed E-state index contributed by atoms with van der Waals surface area (Å²) >= 11 is 0. The molecular formula is C25H25N3O6S. The van der Waals surface area contributed by atoms with Gasteiger partial charge in [-0.3, -0.25) is 9.52 Å². The average molecular weight is 496 g/mol. The molecule has 0 radical (unpaired) electrons. The number of carbonyl (C=O) groups excluding carboxylic acids is 1. The van der Waals surface area contributed by atoms with E-state index in [0.29, 0.717) is 49.2 Å². The van der Waals surface area contributed by atoms with E-state index in [0.717, 1.165) is 18.8 Å².